The van der Waals surface area contributed by atoms with E-state index in [2.05, 4.69) is 15.3 Å². The first kappa shape index (κ1) is 24.5. The Bertz CT molecular complexity index is 1280. The Balaban J connectivity index is 1.54. The van der Waals surface area contributed by atoms with Gasteiger partial charge in [-0.2, -0.15) is 18.2 Å². The Morgan fingerprint density at radius 2 is 1.86 bits per heavy atom. The number of nitrogens with zero attached hydrogens (tertiary/aromatic N) is 2. The predicted molar refractivity (Wildman–Crippen MR) is 124 cm³/mol. The zero-order valence-electron chi connectivity index (χ0n) is 19.4. The summed E-state index contributed by atoms with van der Waals surface area (Å²) >= 11 is 0. The zero-order chi connectivity index (χ0) is 25.3. The van der Waals surface area contributed by atoms with Gasteiger partial charge in [-0.3, -0.25) is 14.6 Å². The maximum atomic E-state index is 13.7. The molecule has 0 bridgehead atoms. The molecule has 2 aromatic carbocycles. The van der Waals surface area contributed by atoms with Gasteiger partial charge >= 0.3 is 6.18 Å². The molecule has 35 heavy (non-hydrogen) atoms. The molecule has 4 rings (SSSR count). The number of rotatable bonds is 5. The Morgan fingerprint density at radius 1 is 1.20 bits per heavy atom. The minimum atomic E-state index is -4.65. The van der Waals surface area contributed by atoms with Crippen LogP contribution < -0.4 is 15.6 Å². The van der Waals surface area contributed by atoms with Gasteiger partial charge in [-0.15, -0.1) is 0 Å². The molecule has 0 unspecified atom stereocenters. The molecule has 1 aromatic heterocycles. The summed E-state index contributed by atoms with van der Waals surface area (Å²) in [6, 6.07) is 8.37. The van der Waals surface area contributed by atoms with Crippen molar-refractivity contribution in [3.8, 4) is 6.01 Å². The molecule has 0 radical (unpaired) electrons. The summed E-state index contributed by atoms with van der Waals surface area (Å²) in [5, 5.41) is 2.96. The number of aromatic nitrogens is 2. The third-order valence-electron chi connectivity index (χ3n) is 5.73. The second-order valence-electron chi connectivity index (χ2n) is 8.50. The highest BCUT2D eigenvalue weighted by atomic mass is 19.4. The third-order valence-corrected chi connectivity index (χ3v) is 5.73. The van der Waals surface area contributed by atoms with E-state index in [9.17, 15) is 22.8 Å². The van der Waals surface area contributed by atoms with Gasteiger partial charge in [-0.25, -0.2) is 0 Å². The molecular weight excluding hydrogens is 465 g/mol. The fourth-order valence-electron chi connectivity index (χ4n) is 4.17. The number of hydrogen-bond acceptors (Lipinski definition) is 6. The van der Waals surface area contributed by atoms with Crippen molar-refractivity contribution in [2.45, 2.75) is 38.8 Å². The van der Waals surface area contributed by atoms with Gasteiger partial charge in [-0.1, -0.05) is 0 Å². The minimum Gasteiger partial charge on any atom is -0.468 e. The standard InChI is InChI=1S/C24H25F3N4O4/c1-13-11-31(12-14(2)35-13)22(33)15-4-6-17(7-5-15)28-10-16-8-18-20(9-19(16)24(25,26)27)29-23(34-3)30-21(18)32/h4-9,13-14,28H,10-12H2,1-3H3,(H,29,30,32)/t13-,14+. The van der Waals surface area contributed by atoms with Crippen LogP contribution in [0.2, 0.25) is 0 Å². The van der Waals surface area contributed by atoms with Gasteiger partial charge < -0.3 is 19.7 Å². The highest BCUT2D eigenvalue weighted by Crippen LogP contribution is 2.34. The van der Waals surface area contributed by atoms with Crippen molar-refractivity contribution in [1.82, 2.24) is 14.9 Å². The van der Waals surface area contributed by atoms with Crippen LogP contribution in [0.25, 0.3) is 10.9 Å². The maximum Gasteiger partial charge on any atom is 0.416 e. The number of amides is 1. The van der Waals surface area contributed by atoms with E-state index in [0.717, 1.165) is 6.07 Å². The Labute approximate surface area is 199 Å². The van der Waals surface area contributed by atoms with Crippen LogP contribution in [0.5, 0.6) is 6.01 Å². The number of nitrogens with one attached hydrogen (secondary N) is 2. The monoisotopic (exact) mass is 490 g/mol. The van der Waals surface area contributed by atoms with E-state index in [4.69, 9.17) is 9.47 Å². The number of methoxy groups -OCH3 is 1. The van der Waals surface area contributed by atoms with Crippen molar-refractivity contribution < 1.29 is 27.4 Å². The molecule has 186 valence electrons. The highest BCUT2D eigenvalue weighted by Gasteiger charge is 2.34. The first-order valence-electron chi connectivity index (χ1n) is 11.0. The number of morpholine rings is 1. The predicted octanol–water partition coefficient (Wildman–Crippen LogP) is 3.81. The lowest BCUT2D eigenvalue weighted by atomic mass is 10.0. The molecule has 0 aliphatic carbocycles. The molecule has 1 amide bonds. The molecule has 3 aromatic rings. The minimum absolute atomic E-state index is 0.0190. The van der Waals surface area contributed by atoms with E-state index >= 15 is 0 Å². The summed E-state index contributed by atoms with van der Waals surface area (Å²) in [6.45, 7) is 4.61. The van der Waals surface area contributed by atoms with Gasteiger partial charge in [0.25, 0.3) is 17.5 Å². The number of H-pyrrole nitrogens is 1. The lowest BCUT2D eigenvalue weighted by molar-refractivity contribution is -0.138. The summed E-state index contributed by atoms with van der Waals surface area (Å²) in [4.78, 5) is 33.1. The number of hydrogen-bond donors (Lipinski definition) is 2. The Hall–Kier alpha value is -3.60. The summed E-state index contributed by atoms with van der Waals surface area (Å²) in [6.07, 6.45) is -4.76. The lowest BCUT2D eigenvalue weighted by Gasteiger charge is -2.35. The van der Waals surface area contributed by atoms with Crippen molar-refractivity contribution in [1.29, 1.82) is 0 Å². The first-order valence-corrected chi connectivity index (χ1v) is 11.0. The smallest absolute Gasteiger partial charge is 0.416 e. The molecule has 0 spiro atoms. The normalized spacial score (nSPS) is 18.5. The van der Waals surface area contributed by atoms with Crippen molar-refractivity contribution in [2.24, 2.45) is 0 Å². The maximum absolute atomic E-state index is 13.7. The van der Waals surface area contributed by atoms with Crippen LogP contribution in [0.4, 0.5) is 18.9 Å². The van der Waals surface area contributed by atoms with Gasteiger partial charge in [0.05, 0.1) is 35.8 Å². The summed E-state index contributed by atoms with van der Waals surface area (Å²) in [5.74, 6) is -0.130. The van der Waals surface area contributed by atoms with Gasteiger partial charge in [0.1, 0.15) is 0 Å². The number of carbonyl (C=O) groups excluding carboxylic acids is 1. The van der Waals surface area contributed by atoms with E-state index in [1.165, 1.54) is 13.2 Å². The SMILES string of the molecule is COc1nc2cc(C(F)(F)F)c(CNc3ccc(C(=O)N4C[C@@H](C)O[C@@H](C)C4)cc3)cc2c(=O)[nH]1. The number of fused-ring (bicyclic) bond motifs is 1. The number of ether oxygens (including phenoxy) is 2. The number of anilines is 1. The van der Waals surface area contributed by atoms with Crippen molar-refractivity contribution in [2.75, 3.05) is 25.5 Å². The fourth-order valence-corrected chi connectivity index (χ4v) is 4.17. The van der Waals surface area contributed by atoms with Gasteiger partial charge in [0.15, 0.2) is 0 Å². The topological polar surface area (TPSA) is 96.5 Å². The van der Waals surface area contributed by atoms with Crippen LogP contribution >= 0.6 is 0 Å². The van der Waals surface area contributed by atoms with Crippen LogP contribution in [-0.4, -0.2) is 53.2 Å². The molecule has 1 saturated heterocycles. The fraction of sp³-hybridized carbons (Fsp3) is 0.375. The van der Waals surface area contributed by atoms with Crippen LogP contribution in [0.15, 0.2) is 41.2 Å². The zero-order valence-corrected chi connectivity index (χ0v) is 19.4. The Kier molecular flexibility index (Phi) is 6.70. The number of halogens is 3. The van der Waals surface area contributed by atoms with Gasteiger partial charge in [0, 0.05) is 30.9 Å². The van der Waals surface area contributed by atoms with Crippen LogP contribution in [0.1, 0.15) is 35.3 Å². The van der Waals surface area contributed by atoms with Crippen molar-refractivity contribution in [3.63, 3.8) is 0 Å². The summed E-state index contributed by atoms with van der Waals surface area (Å²) < 4.78 is 51.7. The van der Waals surface area contributed by atoms with E-state index in [1.54, 1.807) is 29.2 Å². The molecule has 1 fully saturated rings. The van der Waals surface area contributed by atoms with Gasteiger partial charge in [-0.05, 0) is 55.8 Å². The van der Waals surface area contributed by atoms with Crippen LogP contribution in [0.3, 0.4) is 0 Å². The molecular formula is C24H25F3N4O4. The first-order chi connectivity index (χ1) is 16.5. The number of aromatic amines is 1. The van der Waals surface area contributed by atoms with Crippen molar-refractivity contribution >= 4 is 22.5 Å². The molecule has 1 aliphatic heterocycles. The molecule has 11 heteroatoms. The molecule has 8 nitrogen and oxygen atoms in total. The molecule has 2 N–H and O–H groups in total. The number of alkyl halides is 3. The molecule has 2 atom stereocenters. The molecule has 2 heterocycles. The van der Waals surface area contributed by atoms with E-state index in [1.807, 2.05) is 13.8 Å². The van der Waals surface area contributed by atoms with Gasteiger partial charge in [0.2, 0.25) is 0 Å². The number of carbonyl (C=O) groups is 1. The third kappa shape index (κ3) is 5.40. The summed E-state index contributed by atoms with van der Waals surface area (Å²) in [5.41, 5.74) is -0.725. The molecule has 1 aliphatic rings. The summed E-state index contributed by atoms with van der Waals surface area (Å²) in [7, 11) is 1.26. The van der Waals surface area contributed by atoms with E-state index in [-0.39, 0.29) is 47.1 Å². The average molecular weight is 490 g/mol. The second kappa shape index (κ2) is 9.57. The van der Waals surface area contributed by atoms with Crippen LogP contribution in [0, 0.1) is 0 Å². The van der Waals surface area contributed by atoms with Crippen LogP contribution in [-0.2, 0) is 17.5 Å². The number of benzene rings is 2. The highest BCUT2D eigenvalue weighted by molar-refractivity contribution is 5.94. The van der Waals surface area contributed by atoms with E-state index in [0.29, 0.717) is 24.3 Å². The largest absolute Gasteiger partial charge is 0.468 e. The average Bonchev–Trinajstić information content (AvgIpc) is 2.81. The quantitative estimate of drug-likeness (QED) is 0.565. The lowest BCUT2D eigenvalue weighted by Crippen LogP contribution is -2.48. The second-order valence-corrected chi connectivity index (χ2v) is 8.50. The Morgan fingerprint density at radius 3 is 2.46 bits per heavy atom. The van der Waals surface area contributed by atoms with E-state index < -0.39 is 17.3 Å². The molecule has 0 saturated carbocycles. The van der Waals surface area contributed by atoms with Crippen molar-refractivity contribution in [3.05, 3.63) is 63.4 Å².